The van der Waals surface area contributed by atoms with E-state index in [0.29, 0.717) is 6.04 Å². The fourth-order valence-corrected chi connectivity index (χ4v) is 3.29. The Kier molecular flexibility index (Phi) is 5.13. The molecule has 1 aromatic heterocycles. The van der Waals surface area contributed by atoms with E-state index in [0.717, 1.165) is 27.2 Å². The number of aryl methyl sites for hydroxylation is 2. The molecule has 1 heterocycles. The van der Waals surface area contributed by atoms with Crippen LogP contribution in [0.5, 0.6) is 0 Å². The first kappa shape index (κ1) is 15.4. The van der Waals surface area contributed by atoms with Crippen molar-refractivity contribution in [1.29, 1.82) is 0 Å². The van der Waals surface area contributed by atoms with Gasteiger partial charge in [-0.2, -0.15) is 5.10 Å². The van der Waals surface area contributed by atoms with E-state index in [2.05, 4.69) is 37.3 Å². The molecule has 0 aliphatic rings. The summed E-state index contributed by atoms with van der Waals surface area (Å²) in [6, 6.07) is 8.37. The second-order valence-electron chi connectivity index (χ2n) is 5.09. The Morgan fingerprint density at radius 2 is 2.15 bits per heavy atom. The molecule has 1 aromatic carbocycles. The van der Waals surface area contributed by atoms with E-state index in [1.54, 1.807) is 11.8 Å². The van der Waals surface area contributed by atoms with Crippen LogP contribution < -0.4 is 5.32 Å². The van der Waals surface area contributed by atoms with E-state index >= 15 is 0 Å². The molecule has 5 heteroatoms. The number of hydrogen-bond donors (Lipinski definition) is 1. The highest BCUT2D eigenvalue weighted by molar-refractivity contribution is 7.99. The molecule has 0 bridgehead atoms. The van der Waals surface area contributed by atoms with Gasteiger partial charge in [0.2, 0.25) is 0 Å². The zero-order valence-corrected chi connectivity index (χ0v) is 13.8. The Balaban J connectivity index is 2.26. The summed E-state index contributed by atoms with van der Waals surface area (Å²) in [6.07, 6.45) is 0. The Morgan fingerprint density at radius 1 is 1.40 bits per heavy atom. The van der Waals surface area contributed by atoms with Crippen LogP contribution in [0, 0.1) is 6.92 Å². The minimum absolute atomic E-state index is 0.457. The summed E-state index contributed by atoms with van der Waals surface area (Å²) in [5.41, 5.74) is 2.33. The highest BCUT2D eigenvalue weighted by Crippen LogP contribution is 2.32. The lowest BCUT2D eigenvalue weighted by molar-refractivity contribution is 0.580. The van der Waals surface area contributed by atoms with Gasteiger partial charge in [-0.25, -0.2) is 0 Å². The summed E-state index contributed by atoms with van der Waals surface area (Å²) in [5, 5.41) is 9.92. The predicted octanol–water partition coefficient (Wildman–Crippen LogP) is 4.03. The molecule has 2 aromatic rings. The van der Waals surface area contributed by atoms with Crippen molar-refractivity contribution in [2.75, 3.05) is 0 Å². The third-order valence-electron chi connectivity index (χ3n) is 2.99. The monoisotopic (exact) mass is 309 g/mol. The van der Waals surface area contributed by atoms with Crippen LogP contribution in [-0.4, -0.2) is 15.8 Å². The van der Waals surface area contributed by atoms with Gasteiger partial charge in [-0.05, 0) is 25.1 Å². The van der Waals surface area contributed by atoms with Crippen LogP contribution in [0.15, 0.2) is 34.2 Å². The van der Waals surface area contributed by atoms with Crippen LogP contribution in [0.2, 0.25) is 5.02 Å². The van der Waals surface area contributed by atoms with Crippen molar-refractivity contribution in [3.63, 3.8) is 0 Å². The minimum atomic E-state index is 0.457. The normalized spacial score (nSPS) is 11.3. The second-order valence-corrected chi connectivity index (χ2v) is 6.59. The second kappa shape index (κ2) is 6.66. The van der Waals surface area contributed by atoms with Crippen molar-refractivity contribution < 1.29 is 0 Å². The molecule has 0 aliphatic heterocycles. The fraction of sp³-hybridized carbons (Fsp3) is 0.400. The predicted molar refractivity (Wildman–Crippen MR) is 85.5 cm³/mol. The maximum Gasteiger partial charge on any atom is 0.103 e. The van der Waals surface area contributed by atoms with Gasteiger partial charge in [0.1, 0.15) is 5.03 Å². The van der Waals surface area contributed by atoms with Crippen molar-refractivity contribution in [3.05, 3.63) is 40.5 Å². The number of nitrogens with zero attached hydrogens (tertiary/aromatic N) is 2. The number of halogens is 1. The van der Waals surface area contributed by atoms with Gasteiger partial charge in [0.25, 0.3) is 0 Å². The van der Waals surface area contributed by atoms with Crippen molar-refractivity contribution in [3.8, 4) is 0 Å². The summed E-state index contributed by atoms with van der Waals surface area (Å²) >= 11 is 7.75. The number of benzene rings is 1. The zero-order valence-electron chi connectivity index (χ0n) is 12.3. The number of nitrogens with one attached hydrogen (secondary N) is 1. The topological polar surface area (TPSA) is 29.9 Å². The van der Waals surface area contributed by atoms with Crippen molar-refractivity contribution in [2.24, 2.45) is 7.05 Å². The third-order valence-corrected chi connectivity index (χ3v) is 4.42. The molecule has 0 saturated heterocycles. The molecule has 0 radical (unpaired) electrons. The van der Waals surface area contributed by atoms with Crippen LogP contribution in [0.25, 0.3) is 0 Å². The molecule has 0 spiro atoms. The molecular formula is C15H20ClN3S. The largest absolute Gasteiger partial charge is 0.310 e. The summed E-state index contributed by atoms with van der Waals surface area (Å²) < 4.78 is 1.94. The van der Waals surface area contributed by atoms with Crippen LogP contribution in [0.3, 0.4) is 0 Å². The Bertz CT molecular complexity index is 593. The molecule has 0 aliphatic carbocycles. The fourth-order valence-electron chi connectivity index (χ4n) is 1.96. The van der Waals surface area contributed by atoms with Crippen LogP contribution in [0.4, 0.5) is 0 Å². The smallest absolute Gasteiger partial charge is 0.103 e. The maximum atomic E-state index is 6.05. The lowest BCUT2D eigenvalue weighted by atomic mass is 10.2. The first-order chi connectivity index (χ1) is 9.47. The standard InChI is InChI=1S/C15H20ClN3S/c1-10(2)17-9-14-11(3)18-19(4)15(14)20-13-7-5-6-12(16)8-13/h5-8,10,17H,9H2,1-4H3. The Hall–Kier alpha value is -0.970. The Morgan fingerprint density at radius 3 is 2.80 bits per heavy atom. The van der Waals surface area contributed by atoms with Gasteiger partial charge in [-0.15, -0.1) is 0 Å². The number of hydrogen-bond acceptors (Lipinski definition) is 3. The number of rotatable bonds is 5. The molecular weight excluding hydrogens is 290 g/mol. The molecule has 0 unspecified atom stereocenters. The molecule has 0 saturated carbocycles. The van der Waals surface area contributed by atoms with E-state index in [-0.39, 0.29) is 0 Å². The molecule has 1 N–H and O–H groups in total. The van der Waals surface area contributed by atoms with Gasteiger partial charge in [0, 0.05) is 35.1 Å². The van der Waals surface area contributed by atoms with E-state index in [4.69, 9.17) is 11.6 Å². The molecule has 108 valence electrons. The lowest BCUT2D eigenvalue weighted by Gasteiger charge is -2.10. The van der Waals surface area contributed by atoms with Crippen molar-refractivity contribution in [1.82, 2.24) is 15.1 Å². The van der Waals surface area contributed by atoms with Crippen LogP contribution in [-0.2, 0) is 13.6 Å². The summed E-state index contributed by atoms with van der Waals surface area (Å²) in [6.45, 7) is 7.19. The SMILES string of the molecule is Cc1nn(C)c(Sc2cccc(Cl)c2)c1CNC(C)C. The average Bonchev–Trinajstić information content (AvgIpc) is 2.62. The van der Waals surface area contributed by atoms with Gasteiger partial charge in [0.05, 0.1) is 5.69 Å². The molecule has 3 nitrogen and oxygen atoms in total. The minimum Gasteiger partial charge on any atom is -0.310 e. The van der Waals surface area contributed by atoms with Crippen LogP contribution >= 0.6 is 23.4 Å². The van der Waals surface area contributed by atoms with E-state index < -0.39 is 0 Å². The highest BCUT2D eigenvalue weighted by Gasteiger charge is 2.14. The van der Waals surface area contributed by atoms with E-state index in [1.165, 1.54) is 5.56 Å². The van der Waals surface area contributed by atoms with Crippen molar-refractivity contribution >= 4 is 23.4 Å². The van der Waals surface area contributed by atoms with Crippen molar-refractivity contribution in [2.45, 2.75) is 43.3 Å². The zero-order chi connectivity index (χ0) is 14.7. The van der Waals surface area contributed by atoms with E-state index in [9.17, 15) is 0 Å². The third kappa shape index (κ3) is 3.78. The van der Waals surface area contributed by atoms with Crippen LogP contribution in [0.1, 0.15) is 25.1 Å². The highest BCUT2D eigenvalue weighted by atomic mass is 35.5. The molecule has 0 amide bonds. The van der Waals surface area contributed by atoms with Gasteiger partial charge in [0.15, 0.2) is 0 Å². The molecule has 2 rings (SSSR count). The maximum absolute atomic E-state index is 6.05. The van der Waals surface area contributed by atoms with E-state index in [1.807, 2.05) is 29.9 Å². The quantitative estimate of drug-likeness (QED) is 0.904. The molecule has 0 atom stereocenters. The molecule has 20 heavy (non-hydrogen) atoms. The van der Waals surface area contributed by atoms with Gasteiger partial charge < -0.3 is 5.32 Å². The van der Waals surface area contributed by atoms with Gasteiger partial charge in [-0.3, -0.25) is 4.68 Å². The van der Waals surface area contributed by atoms with Gasteiger partial charge in [-0.1, -0.05) is 43.3 Å². The molecule has 0 fully saturated rings. The average molecular weight is 310 g/mol. The lowest BCUT2D eigenvalue weighted by Crippen LogP contribution is -2.22. The summed E-state index contributed by atoms with van der Waals surface area (Å²) in [5.74, 6) is 0. The summed E-state index contributed by atoms with van der Waals surface area (Å²) in [7, 11) is 1.98. The number of aromatic nitrogens is 2. The first-order valence-corrected chi connectivity index (χ1v) is 7.86. The Labute approximate surface area is 129 Å². The summed E-state index contributed by atoms with van der Waals surface area (Å²) in [4.78, 5) is 1.13. The van der Waals surface area contributed by atoms with Gasteiger partial charge >= 0.3 is 0 Å². The first-order valence-electron chi connectivity index (χ1n) is 6.66.